The molecule has 1 heterocycles. The smallest absolute Gasteiger partial charge is 0.326 e. The van der Waals surface area contributed by atoms with E-state index in [2.05, 4.69) is 15.6 Å². The van der Waals surface area contributed by atoms with Crippen LogP contribution < -0.4 is 10.6 Å². The van der Waals surface area contributed by atoms with Gasteiger partial charge in [0.25, 0.3) is 5.91 Å². The average molecular weight is 345 g/mol. The standard InChI is InChI=1S/C13H19N3O4S2/c1-3-4-10(17)16-13-15-9(7-22-13)11(18)14-8(12(19)20)5-6-21-2/h7-8H,3-6H2,1-2H3,(H,14,18)(H,19,20)(H,15,16,17). The molecule has 2 amide bonds. The van der Waals surface area contributed by atoms with Crippen LogP contribution in [0.5, 0.6) is 0 Å². The van der Waals surface area contributed by atoms with E-state index < -0.39 is 17.9 Å². The molecule has 0 saturated carbocycles. The summed E-state index contributed by atoms with van der Waals surface area (Å²) in [6.45, 7) is 1.89. The Balaban J connectivity index is 2.63. The lowest BCUT2D eigenvalue weighted by atomic mass is 10.2. The van der Waals surface area contributed by atoms with Gasteiger partial charge in [-0.1, -0.05) is 6.92 Å². The van der Waals surface area contributed by atoms with Gasteiger partial charge in [0.1, 0.15) is 11.7 Å². The third-order valence-corrected chi connectivity index (χ3v) is 4.08. The van der Waals surface area contributed by atoms with Crippen LogP contribution in [0.3, 0.4) is 0 Å². The van der Waals surface area contributed by atoms with Gasteiger partial charge in [0.15, 0.2) is 5.13 Å². The molecule has 0 aliphatic heterocycles. The Morgan fingerprint density at radius 1 is 1.45 bits per heavy atom. The van der Waals surface area contributed by atoms with Crippen LogP contribution in [0.15, 0.2) is 5.38 Å². The molecule has 0 saturated heterocycles. The number of aliphatic carboxylic acids is 1. The Morgan fingerprint density at radius 2 is 2.18 bits per heavy atom. The van der Waals surface area contributed by atoms with Crippen molar-refractivity contribution >= 4 is 46.0 Å². The van der Waals surface area contributed by atoms with Crippen LogP contribution in [0, 0.1) is 0 Å². The van der Waals surface area contributed by atoms with Crippen molar-refractivity contribution in [2.75, 3.05) is 17.3 Å². The van der Waals surface area contributed by atoms with E-state index in [9.17, 15) is 14.4 Å². The van der Waals surface area contributed by atoms with Gasteiger partial charge in [-0.05, 0) is 24.9 Å². The minimum atomic E-state index is -1.07. The van der Waals surface area contributed by atoms with Gasteiger partial charge in [0.05, 0.1) is 0 Å². The van der Waals surface area contributed by atoms with Crippen LogP contribution in [0.25, 0.3) is 0 Å². The number of carboxylic acids is 1. The first kappa shape index (κ1) is 18.4. The van der Waals surface area contributed by atoms with Crippen molar-refractivity contribution in [1.82, 2.24) is 10.3 Å². The van der Waals surface area contributed by atoms with Crippen molar-refractivity contribution in [1.29, 1.82) is 0 Å². The molecule has 0 aromatic carbocycles. The maximum atomic E-state index is 12.0. The summed E-state index contributed by atoms with van der Waals surface area (Å²) in [5.74, 6) is -1.16. The van der Waals surface area contributed by atoms with E-state index >= 15 is 0 Å². The summed E-state index contributed by atoms with van der Waals surface area (Å²) in [7, 11) is 0. The molecule has 0 radical (unpaired) electrons. The number of thiazole rings is 1. The van der Waals surface area contributed by atoms with Gasteiger partial charge in [-0.2, -0.15) is 11.8 Å². The molecule has 122 valence electrons. The number of thioether (sulfide) groups is 1. The van der Waals surface area contributed by atoms with Gasteiger partial charge in [-0.3, -0.25) is 9.59 Å². The summed E-state index contributed by atoms with van der Waals surface area (Å²) < 4.78 is 0. The first-order chi connectivity index (χ1) is 10.5. The summed E-state index contributed by atoms with van der Waals surface area (Å²) in [6, 6.07) is -0.945. The Bertz CT molecular complexity index is 533. The lowest BCUT2D eigenvalue weighted by molar-refractivity contribution is -0.139. The van der Waals surface area contributed by atoms with E-state index in [4.69, 9.17) is 5.11 Å². The highest BCUT2D eigenvalue weighted by molar-refractivity contribution is 7.98. The molecule has 9 heteroatoms. The Kier molecular flexibility index (Phi) is 7.89. The normalized spacial score (nSPS) is 11.7. The molecule has 22 heavy (non-hydrogen) atoms. The average Bonchev–Trinajstić information content (AvgIpc) is 2.91. The highest BCUT2D eigenvalue weighted by Gasteiger charge is 2.21. The first-order valence-electron chi connectivity index (χ1n) is 6.75. The van der Waals surface area contributed by atoms with E-state index in [-0.39, 0.29) is 11.6 Å². The summed E-state index contributed by atoms with van der Waals surface area (Å²) in [5.41, 5.74) is 0.104. The highest BCUT2D eigenvalue weighted by atomic mass is 32.2. The van der Waals surface area contributed by atoms with Gasteiger partial charge in [-0.15, -0.1) is 11.3 Å². The fraction of sp³-hybridized carbons (Fsp3) is 0.538. The zero-order valence-electron chi connectivity index (χ0n) is 12.4. The summed E-state index contributed by atoms with van der Waals surface area (Å²) >= 11 is 2.64. The minimum Gasteiger partial charge on any atom is -0.480 e. The third kappa shape index (κ3) is 6.02. The zero-order valence-corrected chi connectivity index (χ0v) is 14.1. The number of hydrogen-bond acceptors (Lipinski definition) is 6. The summed E-state index contributed by atoms with van der Waals surface area (Å²) in [5, 5.41) is 15.9. The number of nitrogens with one attached hydrogen (secondary N) is 2. The van der Waals surface area contributed by atoms with Crippen molar-refractivity contribution in [2.45, 2.75) is 32.2 Å². The molecule has 3 N–H and O–H groups in total. The molecule has 1 aromatic heterocycles. The van der Waals surface area contributed by atoms with Crippen molar-refractivity contribution < 1.29 is 19.5 Å². The number of aromatic nitrogens is 1. The number of rotatable bonds is 9. The van der Waals surface area contributed by atoms with Gasteiger partial charge in [0, 0.05) is 11.8 Å². The van der Waals surface area contributed by atoms with E-state index in [0.29, 0.717) is 23.7 Å². The van der Waals surface area contributed by atoms with Crippen molar-refractivity contribution in [3.63, 3.8) is 0 Å². The topological polar surface area (TPSA) is 108 Å². The molecular formula is C13H19N3O4S2. The molecule has 1 aromatic rings. The molecule has 1 rings (SSSR count). The monoisotopic (exact) mass is 345 g/mol. The van der Waals surface area contributed by atoms with E-state index in [1.165, 1.54) is 17.1 Å². The number of nitrogens with zero attached hydrogens (tertiary/aromatic N) is 1. The van der Waals surface area contributed by atoms with Gasteiger partial charge in [0.2, 0.25) is 5.91 Å². The molecule has 0 bridgehead atoms. The highest BCUT2D eigenvalue weighted by Crippen LogP contribution is 2.16. The van der Waals surface area contributed by atoms with Crippen molar-refractivity contribution in [3.8, 4) is 0 Å². The SMILES string of the molecule is CCCC(=O)Nc1nc(C(=O)NC(CCSC)C(=O)O)cs1. The molecule has 1 atom stereocenters. The molecule has 0 fully saturated rings. The van der Waals surface area contributed by atoms with Crippen molar-refractivity contribution in [2.24, 2.45) is 0 Å². The Labute approximate surface area is 136 Å². The Morgan fingerprint density at radius 3 is 2.77 bits per heavy atom. The predicted octanol–water partition coefficient (Wildman–Crippen LogP) is 1.82. The number of carbonyl (C=O) groups excluding carboxylic acids is 2. The maximum Gasteiger partial charge on any atom is 0.326 e. The van der Waals surface area contributed by atoms with Crippen LogP contribution >= 0.6 is 23.1 Å². The van der Waals surface area contributed by atoms with Gasteiger partial charge in [-0.25, -0.2) is 9.78 Å². The van der Waals surface area contributed by atoms with Crippen LogP contribution in [0.4, 0.5) is 5.13 Å². The van der Waals surface area contributed by atoms with Crippen LogP contribution in [0.2, 0.25) is 0 Å². The molecule has 7 nitrogen and oxygen atoms in total. The largest absolute Gasteiger partial charge is 0.480 e. The zero-order chi connectivity index (χ0) is 16.5. The molecule has 1 unspecified atom stereocenters. The van der Waals surface area contributed by atoms with Gasteiger partial charge >= 0.3 is 5.97 Å². The fourth-order valence-electron chi connectivity index (χ4n) is 1.57. The van der Waals surface area contributed by atoms with Crippen molar-refractivity contribution in [3.05, 3.63) is 11.1 Å². The van der Waals surface area contributed by atoms with E-state index in [1.807, 2.05) is 13.2 Å². The summed E-state index contributed by atoms with van der Waals surface area (Å²) in [6.07, 6.45) is 3.32. The Hall–Kier alpha value is -1.61. The predicted molar refractivity (Wildman–Crippen MR) is 87.5 cm³/mol. The van der Waals surface area contributed by atoms with E-state index in [1.54, 1.807) is 0 Å². The number of amides is 2. The van der Waals surface area contributed by atoms with Crippen LogP contribution in [-0.4, -0.2) is 45.9 Å². The van der Waals surface area contributed by atoms with Crippen LogP contribution in [0.1, 0.15) is 36.7 Å². The first-order valence-corrected chi connectivity index (χ1v) is 9.03. The number of anilines is 1. The number of carboxylic acid groups (broad SMARTS) is 1. The summed E-state index contributed by atoms with van der Waals surface area (Å²) in [4.78, 5) is 38.5. The molecule has 0 aliphatic rings. The second-order valence-corrected chi connectivity index (χ2v) is 6.33. The second kappa shape index (κ2) is 9.42. The fourth-order valence-corrected chi connectivity index (χ4v) is 2.75. The van der Waals surface area contributed by atoms with Gasteiger partial charge < -0.3 is 15.7 Å². The quantitative estimate of drug-likeness (QED) is 0.630. The van der Waals surface area contributed by atoms with Crippen LogP contribution in [-0.2, 0) is 9.59 Å². The third-order valence-electron chi connectivity index (χ3n) is 2.67. The lowest BCUT2D eigenvalue weighted by Gasteiger charge is -2.12. The lowest BCUT2D eigenvalue weighted by Crippen LogP contribution is -2.41. The number of carbonyl (C=O) groups is 3. The number of hydrogen-bond donors (Lipinski definition) is 3. The molecule has 0 spiro atoms. The molecular weight excluding hydrogens is 326 g/mol. The maximum absolute atomic E-state index is 12.0. The minimum absolute atomic E-state index is 0.104. The van der Waals surface area contributed by atoms with E-state index in [0.717, 1.165) is 17.8 Å². The second-order valence-electron chi connectivity index (χ2n) is 4.48. The molecule has 0 aliphatic carbocycles.